The lowest BCUT2D eigenvalue weighted by atomic mass is 9.73. The maximum Gasteiger partial charge on any atom is 0.417 e. The van der Waals surface area contributed by atoms with E-state index in [0.717, 1.165) is 31.7 Å². The Kier molecular flexibility index (Phi) is 8.02. The van der Waals surface area contributed by atoms with Crippen molar-refractivity contribution in [2.24, 2.45) is 5.92 Å². The molecule has 2 aromatic carbocycles. The van der Waals surface area contributed by atoms with Crippen molar-refractivity contribution in [1.29, 1.82) is 0 Å². The Hall–Kier alpha value is -2.23. The van der Waals surface area contributed by atoms with Gasteiger partial charge in [0.25, 0.3) is 0 Å². The van der Waals surface area contributed by atoms with Gasteiger partial charge in [-0.1, -0.05) is 43.3 Å². The summed E-state index contributed by atoms with van der Waals surface area (Å²) in [5.74, 6) is -6.46. The van der Waals surface area contributed by atoms with E-state index >= 15 is 0 Å². The maximum atomic E-state index is 14.3. The van der Waals surface area contributed by atoms with E-state index in [-0.39, 0.29) is 12.2 Å². The highest BCUT2D eigenvalue weighted by atomic mass is 19.4. The molecule has 0 saturated heterocycles. The summed E-state index contributed by atoms with van der Waals surface area (Å²) in [6.07, 6.45) is -6.63. The second-order valence-corrected chi connectivity index (χ2v) is 7.51. The van der Waals surface area contributed by atoms with Crippen molar-refractivity contribution in [3.63, 3.8) is 0 Å². The van der Waals surface area contributed by atoms with Crippen molar-refractivity contribution in [2.75, 3.05) is 13.7 Å². The van der Waals surface area contributed by atoms with Gasteiger partial charge in [-0.05, 0) is 18.6 Å². The molecule has 172 valence electrons. The number of hydrogen-bond donors (Lipinski definition) is 2. The molecule has 0 aliphatic heterocycles. The summed E-state index contributed by atoms with van der Waals surface area (Å²) in [5, 5.41) is 21.0. The number of rotatable bonds is 9. The molecule has 0 aliphatic rings. The van der Waals surface area contributed by atoms with Gasteiger partial charge in [-0.15, -0.1) is 0 Å². The number of aliphatic hydroxyl groups excluding tert-OH is 1. The Bertz CT molecular complexity index is 855. The zero-order valence-electron chi connectivity index (χ0n) is 17.3. The first-order chi connectivity index (χ1) is 14.4. The fourth-order valence-corrected chi connectivity index (χ4v) is 3.41. The molecule has 4 atom stereocenters. The van der Waals surface area contributed by atoms with Crippen LogP contribution in [0.15, 0.2) is 42.5 Å². The molecule has 4 nitrogen and oxygen atoms in total. The van der Waals surface area contributed by atoms with E-state index in [1.165, 1.54) is 0 Å². The zero-order chi connectivity index (χ0) is 23.4. The summed E-state index contributed by atoms with van der Waals surface area (Å²) in [6, 6.07) is 10.6. The first-order valence-corrected chi connectivity index (χ1v) is 9.52. The third-order valence-electron chi connectivity index (χ3n) is 5.46. The van der Waals surface area contributed by atoms with Crippen molar-refractivity contribution in [3.8, 4) is 5.75 Å². The lowest BCUT2D eigenvalue weighted by molar-refractivity contribution is -0.275. The number of benzene rings is 2. The molecule has 2 N–H and O–H groups in total. The Balaban J connectivity index is 2.39. The first-order valence-electron chi connectivity index (χ1n) is 9.52. The molecule has 0 aromatic heterocycles. The summed E-state index contributed by atoms with van der Waals surface area (Å²) >= 11 is 0. The highest BCUT2D eigenvalue weighted by molar-refractivity contribution is 5.40. The van der Waals surface area contributed by atoms with E-state index in [4.69, 9.17) is 9.47 Å². The average Bonchev–Trinajstić information content (AvgIpc) is 2.71. The molecule has 0 amide bonds. The number of halogens is 5. The van der Waals surface area contributed by atoms with Crippen LogP contribution in [0.25, 0.3) is 0 Å². The Morgan fingerprint density at radius 3 is 2.19 bits per heavy atom. The number of methoxy groups -OCH3 is 1. The molecule has 2 aromatic rings. The predicted octanol–water partition coefficient (Wildman–Crippen LogP) is 4.58. The van der Waals surface area contributed by atoms with Crippen LogP contribution < -0.4 is 4.74 Å². The minimum Gasteiger partial charge on any atom is -0.493 e. The fourth-order valence-electron chi connectivity index (χ4n) is 3.41. The van der Waals surface area contributed by atoms with Gasteiger partial charge < -0.3 is 19.7 Å². The van der Waals surface area contributed by atoms with Crippen LogP contribution in [0.5, 0.6) is 5.75 Å². The minimum absolute atomic E-state index is 0.0730. The van der Waals surface area contributed by atoms with Crippen molar-refractivity contribution in [1.82, 2.24) is 0 Å². The lowest BCUT2D eigenvalue weighted by Crippen LogP contribution is -2.51. The third-order valence-corrected chi connectivity index (χ3v) is 5.46. The van der Waals surface area contributed by atoms with E-state index in [9.17, 15) is 32.2 Å². The second-order valence-electron chi connectivity index (χ2n) is 7.51. The van der Waals surface area contributed by atoms with E-state index in [0.29, 0.717) is 6.92 Å². The van der Waals surface area contributed by atoms with Gasteiger partial charge in [0.05, 0.1) is 26.4 Å². The smallest absolute Gasteiger partial charge is 0.417 e. The molecule has 0 saturated carbocycles. The molecule has 0 heterocycles. The maximum absolute atomic E-state index is 14.3. The molecule has 2 rings (SSSR count). The Morgan fingerprint density at radius 1 is 1.03 bits per heavy atom. The van der Waals surface area contributed by atoms with Crippen molar-refractivity contribution >= 4 is 0 Å². The molecule has 0 unspecified atom stereocenters. The standard InChI is InChI=1S/C22H25F5O4/c1-13(21(2,29)22(25,26)27)18(15-9-10-16(23)19(24)20(15)30-3)17(28)12-31-11-14-7-5-4-6-8-14/h4-10,13,17-18,28-29H,11-12H2,1-3H3/t13-,17+,18-,21+/m0/s1. The van der Waals surface area contributed by atoms with Crippen molar-refractivity contribution in [3.05, 3.63) is 65.2 Å². The summed E-state index contributed by atoms with van der Waals surface area (Å²) in [5.41, 5.74) is -2.69. The van der Waals surface area contributed by atoms with E-state index in [1.54, 1.807) is 30.3 Å². The highest BCUT2D eigenvalue weighted by Gasteiger charge is 2.56. The molecule has 0 fully saturated rings. The Labute approximate surface area is 177 Å². The van der Waals surface area contributed by atoms with Gasteiger partial charge in [0.1, 0.15) is 0 Å². The molecular weight excluding hydrogens is 423 g/mol. The largest absolute Gasteiger partial charge is 0.493 e. The molecule has 0 spiro atoms. The second kappa shape index (κ2) is 9.93. The number of hydrogen-bond acceptors (Lipinski definition) is 4. The summed E-state index contributed by atoms with van der Waals surface area (Å²) < 4.78 is 78.7. The fraction of sp³-hybridized carbons (Fsp3) is 0.455. The van der Waals surface area contributed by atoms with E-state index in [2.05, 4.69) is 0 Å². The van der Waals surface area contributed by atoms with Crippen LogP contribution in [0.3, 0.4) is 0 Å². The van der Waals surface area contributed by atoms with Crippen LogP contribution in [0, 0.1) is 17.6 Å². The molecule has 9 heteroatoms. The SMILES string of the molecule is COc1c([C@@H]([C@H](O)COCc2ccccc2)[C@H](C)[C@@](C)(O)C(F)(F)F)ccc(F)c1F. The molecule has 0 bridgehead atoms. The molecular formula is C22H25F5O4. The van der Waals surface area contributed by atoms with E-state index in [1.807, 2.05) is 0 Å². The Morgan fingerprint density at radius 2 is 1.65 bits per heavy atom. The quantitative estimate of drug-likeness (QED) is 0.552. The monoisotopic (exact) mass is 448 g/mol. The number of ether oxygens (including phenoxy) is 2. The highest BCUT2D eigenvalue weighted by Crippen LogP contribution is 2.46. The number of alkyl halides is 3. The lowest BCUT2D eigenvalue weighted by Gasteiger charge is -2.39. The topological polar surface area (TPSA) is 58.9 Å². The molecule has 31 heavy (non-hydrogen) atoms. The van der Waals surface area contributed by atoms with Gasteiger partial charge in [0, 0.05) is 17.4 Å². The van der Waals surface area contributed by atoms with Crippen molar-refractivity contribution in [2.45, 2.75) is 44.3 Å². The van der Waals surface area contributed by atoms with Crippen molar-refractivity contribution < 1.29 is 41.6 Å². The predicted molar refractivity (Wildman–Crippen MR) is 104 cm³/mol. The summed E-state index contributed by atoms with van der Waals surface area (Å²) in [7, 11) is 1.03. The van der Waals surface area contributed by atoms with Gasteiger partial charge in [-0.2, -0.15) is 17.6 Å². The van der Waals surface area contributed by atoms with E-state index < -0.39 is 53.7 Å². The van der Waals surface area contributed by atoms with Gasteiger partial charge in [-0.3, -0.25) is 0 Å². The normalized spacial score (nSPS) is 17.0. The van der Waals surface area contributed by atoms with Crippen LogP contribution >= 0.6 is 0 Å². The first kappa shape index (κ1) is 25.0. The van der Waals surface area contributed by atoms with Crippen LogP contribution in [0.4, 0.5) is 22.0 Å². The molecule has 0 radical (unpaired) electrons. The molecule has 0 aliphatic carbocycles. The minimum atomic E-state index is -5.04. The van der Waals surface area contributed by atoms with Gasteiger partial charge in [0.15, 0.2) is 17.2 Å². The summed E-state index contributed by atoms with van der Waals surface area (Å²) in [4.78, 5) is 0. The van der Waals surface area contributed by atoms with Crippen LogP contribution in [-0.2, 0) is 11.3 Å². The summed E-state index contributed by atoms with van der Waals surface area (Å²) in [6.45, 7) is 1.29. The third kappa shape index (κ3) is 5.53. The van der Waals surface area contributed by atoms with Gasteiger partial charge in [0.2, 0.25) is 5.82 Å². The van der Waals surface area contributed by atoms with Gasteiger partial charge in [-0.25, -0.2) is 4.39 Å². The van der Waals surface area contributed by atoms with Crippen LogP contribution in [0.2, 0.25) is 0 Å². The van der Waals surface area contributed by atoms with Gasteiger partial charge >= 0.3 is 6.18 Å². The number of aliphatic hydroxyl groups is 2. The zero-order valence-corrected chi connectivity index (χ0v) is 17.3. The van der Waals surface area contributed by atoms with Crippen LogP contribution in [-0.4, -0.2) is 41.8 Å². The average molecular weight is 448 g/mol. The van der Waals surface area contributed by atoms with Crippen LogP contribution in [0.1, 0.15) is 30.9 Å².